The van der Waals surface area contributed by atoms with Crippen LogP contribution in [0.15, 0.2) is 12.1 Å². The van der Waals surface area contributed by atoms with Crippen LogP contribution in [0.5, 0.6) is 0 Å². The third kappa shape index (κ3) is 4.84. The molecule has 0 heterocycles. The largest absolute Gasteiger partial charge is 0.204 e. The summed E-state index contributed by atoms with van der Waals surface area (Å²) in [5, 5.41) is 0. The van der Waals surface area contributed by atoms with Gasteiger partial charge in [0, 0.05) is 11.8 Å². The first-order chi connectivity index (χ1) is 12.6. The molecule has 0 aliphatic heterocycles. The Morgan fingerprint density at radius 2 is 1.31 bits per heavy atom. The van der Waals surface area contributed by atoms with Gasteiger partial charge in [0.15, 0.2) is 17.5 Å². The molecule has 0 saturated heterocycles. The highest BCUT2D eigenvalue weighted by Gasteiger charge is 2.24. The molecule has 0 aromatic heterocycles. The molecule has 0 nitrogen and oxygen atoms in total. The zero-order valence-electron chi connectivity index (χ0n) is 15.7. The van der Waals surface area contributed by atoms with Crippen molar-refractivity contribution in [3.8, 4) is 11.8 Å². The average molecular weight is 362 g/mol. The molecule has 0 atom stereocenters. The Morgan fingerprint density at radius 1 is 0.808 bits per heavy atom. The van der Waals surface area contributed by atoms with E-state index in [1.807, 2.05) is 0 Å². The highest BCUT2D eigenvalue weighted by Crippen LogP contribution is 2.37. The Labute approximate surface area is 155 Å². The van der Waals surface area contributed by atoms with Gasteiger partial charge in [0.1, 0.15) is 0 Å². The summed E-state index contributed by atoms with van der Waals surface area (Å²) >= 11 is 0. The third-order valence-electron chi connectivity index (χ3n) is 6.24. The Balaban J connectivity index is 1.49. The van der Waals surface area contributed by atoms with E-state index in [4.69, 9.17) is 0 Å². The fraction of sp³-hybridized carbons (Fsp3) is 0.652. The lowest BCUT2D eigenvalue weighted by atomic mass is 9.77. The standard InChI is InChI=1S/C23H29F3/c1-2-3-16-4-6-17(7-5-16)8-9-18-10-12-19(13-11-18)20-14-21(24)23(26)22(25)15-20/h14-19H,2-7,10-13H2,1H3/t16-,17-,18-,19-. The quantitative estimate of drug-likeness (QED) is 0.401. The van der Waals surface area contributed by atoms with Gasteiger partial charge in [-0.05, 0) is 80.9 Å². The molecule has 0 amide bonds. The molecule has 3 heteroatoms. The van der Waals surface area contributed by atoms with Gasteiger partial charge in [-0.2, -0.15) is 0 Å². The summed E-state index contributed by atoms with van der Waals surface area (Å²) in [5.74, 6) is 5.43. The zero-order chi connectivity index (χ0) is 18.5. The molecule has 3 rings (SSSR count). The molecule has 0 spiro atoms. The minimum atomic E-state index is -1.37. The fourth-order valence-corrected chi connectivity index (χ4v) is 4.62. The van der Waals surface area contributed by atoms with Crippen LogP contribution < -0.4 is 0 Å². The van der Waals surface area contributed by atoms with E-state index < -0.39 is 17.5 Å². The van der Waals surface area contributed by atoms with Crippen LogP contribution in [0.1, 0.15) is 82.6 Å². The molecule has 2 saturated carbocycles. The molecule has 26 heavy (non-hydrogen) atoms. The van der Waals surface area contributed by atoms with Crippen LogP contribution in [0.25, 0.3) is 0 Å². The molecule has 2 fully saturated rings. The number of hydrogen-bond donors (Lipinski definition) is 0. The van der Waals surface area contributed by atoms with E-state index in [1.165, 1.54) is 38.5 Å². The van der Waals surface area contributed by atoms with Crippen molar-refractivity contribution >= 4 is 0 Å². The maximum absolute atomic E-state index is 13.4. The first kappa shape index (κ1) is 19.3. The first-order valence-corrected chi connectivity index (χ1v) is 10.2. The van der Waals surface area contributed by atoms with Gasteiger partial charge in [0.25, 0.3) is 0 Å². The van der Waals surface area contributed by atoms with Crippen LogP contribution in [0.4, 0.5) is 13.2 Å². The molecule has 0 radical (unpaired) electrons. The van der Waals surface area contributed by atoms with Crippen LogP contribution in [0, 0.1) is 47.0 Å². The second-order valence-electron chi connectivity index (χ2n) is 8.14. The van der Waals surface area contributed by atoms with E-state index in [2.05, 4.69) is 18.8 Å². The van der Waals surface area contributed by atoms with Crippen LogP contribution in [0.2, 0.25) is 0 Å². The van der Waals surface area contributed by atoms with Crippen molar-refractivity contribution in [3.05, 3.63) is 35.1 Å². The second kappa shape index (κ2) is 8.98. The van der Waals surface area contributed by atoms with Crippen molar-refractivity contribution in [1.29, 1.82) is 0 Å². The van der Waals surface area contributed by atoms with Gasteiger partial charge >= 0.3 is 0 Å². The summed E-state index contributed by atoms with van der Waals surface area (Å²) in [6.45, 7) is 2.26. The van der Waals surface area contributed by atoms with E-state index in [1.54, 1.807) is 0 Å². The summed E-state index contributed by atoms with van der Waals surface area (Å²) in [4.78, 5) is 0. The van der Waals surface area contributed by atoms with Gasteiger partial charge in [-0.25, -0.2) is 13.2 Å². The van der Waals surface area contributed by atoms with Crippen LogP contribution in [0.3, 0.4) is 0 Å². The van der Waals surface area contributed by atoms with Crippen molar-refractivity contribution in [2.45, 2.75) is 77.0 Å². The Morgan fingerprint density at radius 3 is 1.81 bits per heavy atom. The van der Waals surface area contributed by atoms with Crippen molar-refractivity contribution in [2.75, 3.05) is 0 Å². The van der Waals surface area contributed by atoms with E-state index >= 15 is 0 Å². The van der Waals surface area contributed by atoms with Crippen molar-refractivity contribution in [3.63, 3.8) is 0 Å². The predicted octanol–water partition coefficient (Wildman–Crippen LogP) is 6.99. The summed E-state index contributed by atoms with van der Waals surface area (Å²) in [7, 11) is 0. The SMILES string of the molecule is CCC[C@H]1CC[C@H](C#C[C@H]2CC[C@H](c3cc(F)c(F)c(F)c3)CC2)CC1. The minimum absolute atomic E-state index is 0.113. The normalized spacial score (nSPS) is 29.1. The topological polar surface area (TPSA) is 0 Å². The molecule has 0 unspecified atom stereocenters. The summed E-state index contributed by atoms with van der Waals surface area (Å²) in [6.07, 6.45) is 11.4. The lowest BCUT2D eigenvalue weighted by Crippen LogP contribution is -2.15. The lowest BCUT2D eigenvalue weighted by molar-refractivity contribution is 0.299. The predicted molar refractivity (Wildman–Crippen MR) is 99.1 cm³/mol. The van der Waals surface area contributed by atoms with Crippen LogP contribution in [-0.4, -0.2) is 0 Å². The lowest BCUT2D eigenvalue weighted by Gasteiger charge is -2.27. The monoisotopic (exact) mass is 362 g/mol. The summed E-state index contributed by atoms with van der Waals surface area (Å²) < 4.78 is 40.0. The summed E-state index contributed by atoms with van der Waals surface area (Å²) in [5.41, 5.74) is 0.585. The molecule has 1 aromatic carbocycles. The molecule has 142 valence electrons. The van der Waals surface area contributed by atoms with Crippen molar-refractivity contribution < 1.29 is 13.2 Å². The molecule has 2 aliphatic carbocycles. The first-order valence-electron chi connectivity index (χ1n) is 10.2. The van der Waals surface area contributed by atoms with E-state index in [0.717, 1.165) is 43.7 Å². The van der Waals surface area contributed by atoms with E-state index in [9.17, 15) is 13.2 Å². The zero-order valence-corrected chi connectivity index (χ0v) is 15.7. The van der Waals surface area contributed by atoms with Crippen molar-refractivity contribution in [2.24, 2.45) is 17.8 Å². The van der Waals surface area contributed by atoms with E-state index in [0.29, 0.717) is 17.4 Å². The Bertz CT molecular complexity index is 631. The molecule has 1 aromatic rings. The molecular weight excluding hydrogens is 333 g/mol. The highest BCUT2D eigenvalue weighted by atomic mass is 19.2. The van der Waals surface area contributed by atoms with Gasteiger partial charge in [-0.3, -0.25) is 0 Å². The van der Waals surface area contributed by atoms with Crippen LogP contribution in [-0.2, 0) is 0 Å². The maximum Gasteiger partial charge on any atom is 0.194 e. The maximum atomic E-state index is 13.4. The third-order valence-corrected chi connectivity index (χ3v) is 6.24. The molecular formula is C23H29F3. The minimum Gasteiger partial charge on any atom is -0.204 e. The number of hydrogen-bond acceptors (Lipinski definition) is 0. The van der Waals surface area contributed by atoms with Crippen LogP contribution >= 0.6 is 0 Å². The number of rotatable bonds is 3. The van der Waals surface area contributed by atoms with Gasteiger partial charge in [-0.15, -0.1) is 0 Å². The fourth-order valence-electron chi connectivity index (χ4n) is 4.62. The Hall–Kier alpha value is -1.43. The van der Waals surface area contributed by atoms with E-state index in [-0.39, 0.29) is 5.92 Å². The summed E-state index contributed by atoms with van der Waals surface area (Å²) in [6, 6.07) is 2.31. The van der Waals surface area contributed by atoms with Gasteiger partial charge in [0.05, 0.1) is 0 Å². The molecule has 0 N–H and O–H groups in total. The van der Waals surface area contributed by atoms with Gasteiger partial charge in [-0.1, -0.05) is 31.6 Å². The van der Waals surface area contributed by atoms with Gasteiger partial charge < -0.3 is 0 Å². The average Bonchev–Trinajstić information content (AvgIpc) is 2.66. The number of halogens is 3. The molecule has 0 bridgehead atoms. The highest BCUT2D eigenvalue weighted by molar-refractivity contribution is 5.24. The smallest absolute Gasteiger partial charge is 0.194 e. The molecule has 2 aliphatic rings. The van der Waals surface area contributed by atoms with Crippen molar-refractivity contribution in [1.82, 2.24) is 0 Å². The van der Waals surface area contributed by atoms with Gasteiger partial charge in [0.2, 0.25) is 0 Å². The Kier molecular flexibility index (Phi) is 6.68. The second-order valence-corrected chi connectivity index (χ2v) is 8.14. The number of benzene rings is 1.